The van der Waals surface area contributed by atoms with Crippen LogP contribution in [0.15, 0.2) is 0 Å². The van der Waals surface area contributed by atoms with Gasteiger partial charge in [0.25, 0.3) is 0 Å². The van der Waals surface area contributed by atoms with E-state index in [1.54, 1.807) is 19.2 Å². The Morgan fingerprint density at radius 2 is 1.53 bits per heavy atom. The highest BCUT2D eigenvalue weighted by atomic mass is 19.4. The zero-order chi connectivity index (χ0) is 13.9. The molecule has 0 saturated heterocycles. The molecule has 0 aliphatic heterocycles. The Kier molecular flexibility index (Phi) is 4.86. The highest BCUT2D eigenvalue weighted by molar-refractivity contribution is 5.74. The van der Waals surface area contributed by atoms with Crippen molar-refractivity contribution in [1.82, 2.24) is 10.6 Å². The first kappa shape index (κ1) is 16.1. The van der Waals surface area contributed by atoms with Gasteiger partial charge in [-0.05, 0) is 25.7 Å². The Bertz CT molecular complexity index is 267. The van der Waals surface area contributed by atoms with Gasteiger partial charge in [0.1, 0.15) is 6.54 Å². The normalized spacial score (nSPS) is 13.4. The summed E-state index contributed by atoms with van der Waals surface area (Å²) in [6.07, 6.45) is -3.72. The SMILES string of the molecule is CC(C)(C)CC(C)(C)NC(=O)NCC(F)(F)F. The van der Waals surface area contributed by atoms with Crippen molar-refractivity contribution >= 4 is 6.03 Å². The molecule has 0 rings (SSSR count). The van der Waals surface area contributed by atoms with Crippen LogP contribution in [0.2, 0.25) is 0 Å². The fraction of sp³-hybridized carbons (Fsp3) is 0.909. The Labute approximate surface area is 100 Å². The van der Waals surface area contributed by atoms with E-state index >= 15 is 0 Å². The monoisotopic (exact) mass is 254 g/mol. The maximum Gasteiger partial charge on any atom is 0.405 e. The Balaban J connectivity index is 4.19. The summed E-state index contributed by atoms with van der Waals surface area (Å²) < 4.78 is 35.6. The van der Waals surface area contributed by atoms with Crippen molar-refractivity contribution in [1.29, 1.82) is 0 Å². The number of hydrogen-bond donors (Lipinski definition) is 2. The number of urea groups is 1. The van der Waals surface area contributed by atoms with Crippen molar-refractivity contribution in [2.45, 2.75) is 52.8 Å². The second-order valence-corrected chi connectivity index (χ2v) is 6.04. The number of halogens is 3. The number of carbonyl (C=O) groups excluding carboxylic acids is 1. The first-order chi connectivity index (χ1) is 7.31. The smallest absolute Gasteiger partial charge is 0.333 e. The quantitative estimate of drug-likeness (QED) is 0.798. The number of hydrogen-bond acceptors (Lipinski definition) is 1. The van der Waals surface area contributed by atoms with Crippen molar-refractivity contribution < 1.29 is 18.0 Å². The summed E-state index contributed by atoms with van der Waals surface area (Å²) in [4.78, 5) is 11.3. The number of carbonyl (C=O) groups is 1. The summed E-state index contributed by atoms with van der Waals surface area (Å²) in [6.45, 7) is 8.26. The summed E-state index contributed by atoms with van der Waals surface area (Å²) in [5.74, 6) is 0. The molecule has 0 aromatic rings. The van der Waals surface area contributed by atoms with Crippen LogP contribution in [0.3, 0.4) is 0 Å². The predicted octanol–water partition coefficient (Wildman–Crippen LogP) is 3.06. The third-order valence-corrected chi connectivity index (χ3v) is 1.87. The molecule has 0 unspecified atom stereocenters. The number of nitrogens with one attached hydrogen (secondary N) is 2. The molecule has 2 N–H and O–H groups in total. The van der Waals surface area contributed by atoms with E-state index in [-0.39, 0.29) is 5.41 Å². The summed E-state index contributed by atoms with van der Waals surface area (Å²) in [5, 5.41) is 4.32. The Morgan fingerprint density at radius 1 is 1.06 bits per heavy atom. The number of rotatable bonds is 3. The third kappa shape index (κ3) is 9.96. The van der Waals surface area contributed by atoms with Gasteiger partial charge in [-0.15, -0.1) is 0 Å². The van der Waals surface area contributed by atoms with E-state index in [0.717, 1.165) is 0 Å². The van der Waals surface area contributed by atoms with Gasteiger partial charge in [-0.3, -0.25) is 0 Å². The molecule has 0 aromatic heterocycles. The summed E-state index contributed by atoms with van der Waals surface area (Å²) in [6, 6.07) is -0.795. The molecule has 0 bridgehead atoms. The molecule has 0 aromatic carbocycles. The molecule has 0 atom stereocenters. The molecule has 102 valence electrons. The molecule has 0 fully saturated rings. The van der Waals surface area contributed by atoms with Crippen molar-refractivity contribution in [3.8, 4) is 0 Å². The second-order valence-electron chi connectivity index (χ2n) is 6.04. The molecular weight excluding hydrogens is 233 g/mol. The van der Waals surface area contributed by atoms with Crippen LogP contribution in [-0.2, 0) is 0 Å². The van der Waals surface area contributed by atoms with Crippen LogP contribution in [-0.4, -0.2) is 24.3 Å². The van der Waals surface area contributed by atoms with Gasteiger partial charge in [0.15, 0.2) is 0 Å². The average Bonchev–Trinajstić information content (AvgIpc) is 1.93. The lowest BCUT2D eigenvalue weighted by Gasteiger charge is -2.33. The van der Waals surface area contributed by atoms with Crippen molar-refractivity contribution in [2.24, 2.45) is 5.41 Å². The molecule has 3 nitrogen and oxygen atoms in total. The van der Waals surface area contributed by atoms with E-state index in [1.165, 1.54) is 0 Å². The molecule has 17 heavy (non-hydrogen) atoms. The summed E-state index contributed by atoms with van der Waals surface area (Å²) in [5.41, 5.74) is -0.561. The zero-order valence-electron chi connectivity index (χ0n) is 11.0. The number of alkyl halides is 3. The van der Waals surface area contributed by atoms with Gasteiger partial charge in [-0.1, -0.05) is 20.8 Å². The van der Waals surface area contributed by atoms with Gasteiger partial charge in [-0.2, -0.15) is 13.2 Å². The van der Waals surface area contributed by atoms with Gasteiger partial charge >= 0.3 is 12.2 Å². The van der Waals surface area contributed by atoms with Crippen LogP contribution in [0, 0.1) is 5.41 Å². The molecule has 0 radical (unpaired) electrons. The van der Waals surface area contributed by atoms with E-state index in [1.807, 2.05) is 20.8 Å². The largest absolute Gasteiger partial charge is 0.405 e. The fourth-order valence-electron chi connectivity index (χ4n) is 1.90. The van der Waals surface area contributed by atoms with Gasteiger partial charge in [-0.25, -0.2) is 4.79 Å². The van der Waals surface area contributed by atoms with E-state index in [4.69, 9.17) is 0 Å². The van der Waals surface area contributed by atoms with Crippen LogP contribution in [0.25, 0.3) is 0 Å². The molecular formula is C11H21F3N2O. The van der Waals surface area contributed by atoms with Gasteiger partial charge in [0, 0.05) is 5.54 Å². The van der Waals surface area contributed by atoms with Gasteiger partial charge < -0.3 is 10.6 Å². The minimum atomic E-state index is -4.38. The maximum atomic E-state index is 11.9. The van der Waals surface area contributed by atoms with E-state index in [9.17, 15) is 18.0 Å². The van der Waals surface area contributed by atoms with Crippen LogP contribution < -0.4 is 10.6 Å². The lowest BCUT2D eigenvalue weighted by atomic mass is 9.82. The van der Waals surface area contributed by atoms with Gasteiger partial charge in [0.2, 0.25) is 0 Å². The molecule has 0 saturated carbocycles. The van der Waals surface area contributed by atoms with Crippen LogP contribution in [0.5, 0.6) is 0 Å². The highest BCUT2D eigenvalue weighted by Crippen LogP contribution is 2.26. The maximum absolute atomic E-state index is 11.9. The van der Waals surface area contributed by atoms with Crippen molar-refractivity contribution in [3.63, 3.8) is 0 Å². The predicted molar refractivity (Wildman–Crippen MR) is 60.7 cm³/mol. The molecule has 0 spiro atoms. The lowest BCUT2D eigenvalue weighted by Crippen LogP contribution is -2.51. The first-order valence-corrected chi connectivity index (χ1v) is 5.44. The lowest BCUT2D eigenvalue weighted by molar-refractivity contribution is -0.122. The Morgan fingerprint density at radius 3 is 1.88 bits per heavy atom. The second kappa shape index (κ2) is 5.14. The fourth-order valence-corrected chi connectivity index (χ4v) is 1.90. The number of amides is 2. The first-order valence-electron chi connectivity index (χ1n) is 5.44. The van der Waals surface area contributed by atoms with Crippen molar-refractivity contribution in [2.75, 3.05) is 6.54 Å². The molecule has 0 heterocycles. The molecule has 2 amide bonds. The minimum absolute atomic E-state index is 0.0131. The van der Waals surface area contributed by atoms with Crippen LogP contribution in [0.1, 0.15) is 41.0 Å². The highest BCUT2D eigenvalue weighted by Gasteiger charge is 2.30. The van der Waals surface area contributed by atoms with Crippen molar-refractivity contribution in [3.05, 3.63) is 0 Å². The topological polar surface area (TPSA) is 41.1 Å². The minimum Gasteiger partial charge on any atom is -0.333 e. The van der Waals surface area contributed by atoms with Crippen LogP contribution >= 0.6 is 0 Å². The van der Waals surface area contributed by atoms with Crippen LogP contribution in [0.4, 0.5) is 18.0 Å². The summed E-state index contributed by atoms with van der Waals surface area (Å²) in [7, 11) is 0. The summed E-state index contributed by atoms with van der Waals surface area (Å²) >= 11 is 0. The molecule has 0 aliphatic carbocycles. The third-order valence-electron chi connectivity index (χ3n) is 1.87. The van der Waals surface area contributed by atoms with E-state index in [2.05, 4.69) is 5.32 Å². The standard InChI is InChI=1S/C11H21F3N2O/c1-9(2,3)6-10(4,5)16-8(17)15-7-11(12,13)14/h6-7H2,1-5H3,(H2,15,16,17). The molecule has 0 aliphatic rings. The van der Waals surface area contributed by atoms with E-state index < -0.39 is 24.3 Å². The zero-order valence-corrected chi connectivity index (χ0v) is 11.0. The molecule has 6 heteroatoms. The van der Waals surface area contributed by atoms with Gasteiger partial charge in [0.05, 0.1) is 0 Å². The Hall–Kier alpha value is -0.940. The average molecular weight is 254 g/mol. The van der Waals surface area contributed by atoms with E-state index in [0.29, 0.717) is 6.42 Å².